The van der Waals surface area contributed by atoms with E-state index in [-0.39, 0.29) is 16.7 Å². The lowest BCUT2D eigenvalue weighted by molar-refractivity contribution is -0.116. The molecule has 0 spiro atoms. The number of imide groups is 1. The van der Waals surface area contributed by atoms with E-state index in [1.54, 1.807) is 55.6 Å². The van der Waals surface area contributed by atoms with Crippen LogP contribution < -0.4 is 9.80 Å². The van der Waals surface area contributed by atoms with Gasteiger partial charge in [-0.15, -0.1) is 0 Å². The van der Waals surface area contributed by atoms with Crippen molar-refractivity contribution in [1.29, 1.82) is 0 Å². The maximum Gasteiger partial charge on any atom is 0.337 e. The normalized spacial score (nSPS) is 17.2. The fourth-order valence-electron chi connectivity index (χ4n) is 2.54. The van der Waals surface area contributed by atoms with E-state index in [2.05, 4.69) is 0 Å². The predicted molar refractivity (Wildman–Crippen MR) is 92.5 cm³/mol. The molecule has 1 aliphatic heterocycles. The number of para-hydroxylation sites is 2. The zero-order valence-corrected chi connectivity index (χ0v) is 13.6. The largest absolute Gasteiger partial charge is 0.478 e. The number of aromatic carboxylic acids is 1. The van der Waals surface area contributed by atoms with Gasteiger partial charge in [0.05, 0.1) is 16.9 Å². The van der Waals surface area contributed by atoms with Gasteiger partial charge in [-0.3, -0.25) is 9.59 Å². The molecule has 1 N–H and O–H groups in total. The van der Waals surface area contributed by atoms with Gasteiger partial charge in [0, 0.05) is 7.05 Å². The smallest absolute Gasteiger partial charge is 0.337 e. The van der Waals surface area contributed by atoms with Gasteiger partial charge in [-0.2, -0.15) is 0 Å². The Bertz CT molecular complexity index is 809. The molecular weight excluding hydrogens is 328 g/mol. The molecule has 3 rings (SSSR count). The number of carboxylic acids is 1. The summed E-state index contributed by atoms with van der Waals surface area (Å²) in [6, 6.07) is 15.1. The highest BCUT2D eigenvalue weighted by molar-refractivity contribution is 8.16. The summed E-state index contributed by atoms with van der Waals surface area (Å²) in [6.45, 7) is 0. The summed E-state index contributed by atoms with van der Waals surface area (Å²) in [5.74, 6) is -1.47. The van der Waals surface area contributed by atoms with Gasteiger partial charge < -0.3 is 10.0 Å². The number of likely N-dealkylation sites (N-methyl/N-ethyl adjacent to an activating group) is 1. The summed E-state index contributed by atoms with van der Waals surface area (Å²) in [4.78, 5) is 39.0. The van der Waals surface area contributed by atoms with Crippen LogP contribution in [-0.2, 0) is 4.79 Å². The molecule has 1 aliphatic rings. The Morgan fingerprint density at radius 3 is 2.38 bits per heavy atom. The molecule has 1 heterocycles. The molecule has 1 fully saturated rings. The number of hydrogen-bond acceptors (Lipinski definition) is 5. The van der Waals surface area contributed by atoms with Gasteiger partial charge >= 0.3 is 5.97 Å². The van der Waals surface area contributed by atoms with E-state index in [0.29, 0.717) is 11.4 Å². The number of carbonyl (C=O) groups is 3. The fourth-order valence-corrected chi connectivity index (χ4v) is 3.51. The first-order valence-electron chi connectivity index (χ1n) is 7.15. The van der Waals surface area contributed by atoms with Gasteiger partial charge in [0.15, 0.2) is 5.37 Å². The highest BCUT2D eigenvalue weighted by Crippen LogP contribution is 2.35. The molecule has 0 aliphatic carbocycles. The Morgan fingerprint density at radius 2 is 1.71 bits per heavy atom. The van der Waals surface area contributed by atoms with Crippen LogP contribution in [0.3, 0.4) is 0 Å². The second-order valence-electron chi connectivity index (χ2n) is 5.18. The lowest BCUT2D eigenvalue weighted by atomic mass is 10.1. The van der Waals surface area contributed by atoms with E-state index in [1.807, 2.05) is 0 Å². The number of nitrogens with zero attached hydrogens (tertiary/aromatic N) is 2. The van der Waals surface area contributed by atoms with Crippen molar-refractivity contribution in [3.05, 3.63) is 60.2 Å². The monoisotopic (exact) mass is 342 g/mol. The zero-order chi connectivity index (χ0) is 17.3. The lowest BCUT2D eigenvalue weighted by Gasteiger charge is -2.25. The Kier molecular flexibility index (Phi) is 4.26. The van der Waals surface area contributed by atoms with Crippen LogP contribution in [0, 0.1) is 0 Å². The summed E-state index contributed by atoms with van der Waals surface area (Å²) in [7, 11) is 1.61. The third-order valence-electron chi connectivity index (χ3n) is 3.71. The summed E-state index contributed by atoms with van der Waals surface area (Å²) < 4.78 is 0. The molecule has 2 amide bonds. The minimum absolute atomic E-state index is 0.0824. The number of benzene rings is 2. The summed E-state index contributed by atoms with van der Waals surface area (Å²) in [5.41, 5.74) is 0.972. The third-order valence-corrected chi connectivity index (χ3v) is 4.83. The lowest BCUT2D eigenvalue weighted by Crippen LogP contribution is -2.40. The first-order valence-corrected chi connectivity index (χ1v) is 8.03. The van der Waals surface area contributed by atoms with Crippen LogP contribution in [0.4, 0.5) is 16.2 Å². The van der Waals surface area contributed by atoms with Gasteiger partial charge in [0.2, 0.25) is 0 Å². The molecule has 0 bridgehead atoms. The molecule has 6 nitrogen and oxygen atoms in total. The van der Waals surface area contributed by atoms with E-state index < -0.39 is 11.3 Å². The van der Waals surface area contributed by atoms with Crippen molar-refractivity contribution < 1.29 is 19.5 Å². The number of carboxylic acid groups (broad SMARTS) is 1. The number of carbonyl (C=O) groups excluding carboxylic acids is 2. The standard InChI is InChI=1S/C17H14N2O4S/c1-18(13-10-6-5-9-12(13)16(21)22)15-14(20)19(17(23)24-15)11-7-3-2-4-8-11/h2-10,15H,1H3,(H,21,22)/t15-/m1/s1. The quantitative estimate of drug-likeness (QED) is 0.920. The minimum Gasteiger partial charge on any atom is -0.478 e. The van der Waals surface area contributed by atoms with Crippen molar-refractivity contribution in [2.24, 2.45) is 0 Å². The highest BCUT2D eigenvalue weighted by atomic mass is 32.2. The summed E-state index contributed by atoms with van der Waals surface area (Å²) in [5, 5.41) is 8.12. The summed E-state index contributed by atoms with van der Waals surface area (Å²) in [6.07, 6.45) is 0. The van der Waals surface area contributed by atoms with Crippen molar-refractivity contribution in [3.8, 4) is 0 Å². The molecule has 122 valence electrons. The molecule has 0 aromatic heterocycles. The number of anilines is 2. The van der Waals surface area contributed by atoms with E-state index in [4.69, 9.17) is 0 Å². The van der Waals surface area contributed by atoms with Gasteiger partial charge in [-0.1, -0.05) is 30.3 Å². The average Bonchev–Trinajstić information content (AvgIpc) is 2.89. The van der Waals surface area contributed by atoms with Crippen molar-refractivity contribution in [3.63, 3.8) is 0 Å². The first-order chi connectivity index (χ1) is 11.5. The van der Waals surface area contributed by atoms with Crippen LogP contribution >= 0.6 is 11.8 Å². The van der Waals surface area contributed by atoms with Crippen LogP contribution in [-0.4, -0.2) is 34.6 Å². The maximum atomic E-state index is 12.7. The maximum absolute atomic E-state index is 12.7. The van der Waals surface area contributed by atoms with Crippen LogP contribution in [0.5, 0.6) is 0 Å². The number of rotatable bonds is 4. The van der Waals surface area contributed by atoms with Crippen LogP contribution in [0.2, 0.25) is 0 Å². The predicted octanol–water partition coefficient (Wildman–Crippen LogP) is 3.05. The molecule has 1 saturated heterocycles. The van der Waals surface area contributed by atoms with E-state index in [0.717, 1.165) is 16.7 Å². The van der Waals surface area contributed by atoms with Gasteiger partial charge in [0.1, 0.15) is 0 Å². The second-order valence-corrected chi connectivity index (χ2v) is 6.21. The Labute approximate surface area is 142 Å². The first kappa shape index (κ1) is 16.1. The Morgan fingerprint density at radius 1 is 1.08 bits per heavy atom. The van der Waals surface area contributed by atoms with E-state index >= 15 is 0 Å². The van der Waals surface area contributed by atoms with Crippen molar-refractivity contribution >= 4 is 40.3 Å². The van der Waals surface area contributed by atoms with Crippen molar-refractivity contribution in [2.45, 2.75) is 5.37 Å². The Hall–Kier alpha value is -2.80. The summed E-state index contributed by atoms with van der Waals surface area (Å²) >= 11 is 0.870. The third kappa shape index (κ3) is 2.74. The highest BCUT2D eigenvalue weighted by Gasteiger charge is 2.43. The van der Waals surface area contributed by atoms with Crippen molar-refractivity contribution in [1.82, 2.24) is 0 Å². The fraction of sp³-hybridized carbons (Fsp3) is 0.118. The molecule has 0 radical (unpaired) electrons. The molecule has 0 saturated carbocycles. The molecule has 2 aromatic rings. The number of amides is 2. The van der Waals surface area contributed by atoms with Crippen LogP contribution in [0.1, 0.15) is 10.4 Å². The topological polar surface area (TPSA) is 77.9 Å². The molecule has 24 heavy (non-hydrogen) atoms. The Balaban J connectivity index is 1.93. The van der Waals surface area contributed by atoms with E-state index in [1.165, 1.54) is 11.0 Å². The zero-order valence-electron chi connectivity index (χ0n) is 12.7. The average molecular weight is 342 g/mol. The number of thioether (sulfide) groups is 1. The van der Waals surface area contributed by atoms with Crippen molar-refractivity contribution in [2.75, 3.05) is 16.8 Å². The van der Waals surface area contributed by atoms with Gasteiger partial charge in [0.25, 0.3) is 11.1 Å². The van der Waals surface area contributed by atoms with Gasteiger partial charge in [-0.25, -0.2) is 9.69 Å². The molecule has 0 unspecified atom stereocenters. The number of hydrogen-bond donors (Lipinski definition) is 1. The van der Waals surface area contributed by atoms with E-state index in [9.17, 15) is 19.5 Å². The molecule has 1 atom stereocenters. The second kappa shape index (κ2) is 6.37. The molecular formula is C17H14N2O4S. The molecule has 7 heteroatoms. The molecule has 2 aromatic carbocycles. The van der Waals surface area contributed by atoms with Gasteiger partial charge in [-0.05, 0) is 36.0 Å². The SMILES string of the molecule is CN(c1ccccc1C(=O)O)[C@@H]1SC(=O)N(c2ccccc2)C1=O. The van der Waals surface area contributed by atoms with Crippen LogP contribution in [0.25, 0.3) is 0 Å². The van der Waals surface area contributed by atoms with Crippen LogP contribution in [0.15, 0.2) is 54.6 Å². The minimum atomic E-state index is -1.08.